The quantitative estimate of drug-likeness (QED) is 0.629. The zero-order chi connectivity index (χ0) is 16.0. The number of hydrogen-bond acceptors (Lipinski definition) is 4. The van der Waals surface area contributed by atoms with Crippen LogP contribution in [0.5, 0.6) is 0 Å². The molecule has 0 N–H and O–H groups in total. The van der Waals surface area contributed by atoms with Crippen molar-refractivity contribution in [3.05, 3.63) is 41.0 Å². The van der Waals surface area contributed by atoms with Gasteiger partial charge in [-0.2, -0.15) is 0 Å². The van der Waals surface area contributed by atoms with Gasteiger partial charge in [-0.05, 0) is 64.0 Å². The first-order valence-electron chi connectivity index (χ1n) is 6.92. The maximum Gasteiger partial charge on any atom is 0.338 e. The van der Waals surface area contributed by atoms with Gasteiger partial charge in [0.1, 0.15) is 5.60 Å². The summed E-state index contributed by atoms with van der Waals surface area (Å²) in [7, 11) is 0. The van der Waals surface area contributed by atoms with Crippen LogP contribution in [0.4, 0.5) is 0 Å². The SMILES string of the molecule is CCOC(=O)/C=C/c1cc(C(=O)OC(C)(C)C)ccc1C. The third-order valence-corrected chi connectivity index (χ3v) is 2.60. The Bertz CT molecular complexity index is 550. The van der Waals surface area contributed by atoms with Gasteiger partial charge in [-0.25, -0.2) is 9.59 Å². The maximum atomic E-state index is 12.0. The molecule has 4 nitrogen and oxygen atoms in total. The van der Waals surface area contributed by atoms with Crippen LogP contribution in [-0.4, -0.2) is 24.1 Å². The Morgan fingerprint density at radius 1 is 1.24 bits per heavy atom. The average Bonchev–Trinajstić information content (AvgIpc) is 2.36. The van der Waals surface area contributed by atoms with E-state index in [1.54, 1.807) is 25.1 Å². The van der Waals surface area contributed by atoms with Gasteiger partial charge in [0.15, 0.2) is 0 Å². The van der Waals surface area contributed by atoms with Gasteiger partial charge in [0.2, 0.25) is 0 Å². The molecule has 0 radical (unpaired) electrons. The van der Waals surface area contributed by atoms with Crippen molar-refractivity contribution in [1.29, 1.82) is 0 Å². The van der Waals surface area contributed by atoms with Crippen LogP contribution in [0, 0.1) is 6.92 Å². The van der Waals surface area contributed by atoms with Gasteiger partial charge in [-0.15, -0.1) is 0 Å². The monoisotopic (exact) mass is 290 g/mol. The van der Waals surface area contributed by atoms with E-state index in [0.29, 0.717) is 12.2 Å². The highest BCUT2D eigenvalue weighted by atomic mass is 16.6. The molecule has 0 amide bonds. The van der Waals surface area contributed by atoms with E-state index in [1.165, 1.54) is 6.08 Å². The van der Waals surface area contributed by atoms with E-state index in [2.05, 4.69) is 0 Å². The molecule has 0 saturated heterocycles. The molecule has 0 aliphatic rings. The Hall–Kier alpha value is -2.10. The molecule has 114 valence electrons. The van der Waals surface area contributed by atoms with Crippen LogP contribution in [0.1, 0.15) is 49.2 Å². The number of hydrogen-bond donors (Lipinski definition) is 0. The van der Waals surface area contributed by atoms with Crippen LogP contribution < -0.4 is 0 Å². The Kier molecular flexibility index (Phi) is 5.70. The van der Waals surface area contributed by atoms with Crippen molar-refractivity contribution in [2.45, 2.75) is 40.2 Å². The summed E-state index contributed by atoms with van der Waals surface area (Å²) in [5.74, 6) is -0.784. The van der Waals surface area contributed by atoms with Gasteiger partial charge in [0, 0.05) is 6.08 Å². The molecule has 0 spiro atoms. The Morgan fingerprint density at radius 2 is 1.90 bits per heavy atom. The predicted molar refractivity (Wildman–Crippen MR) is 82.0 cm³/mol. The van der Waals surface area contributed by atoms with Crippen molar-refractivity contribution in [2.75, 3.05) is 6.61 Å². The lowest BCUT2D eigenvalue weighted by molar-refractivity contribution is -0.137. The Balaban J connectivity index is 2.95. The summed E-state index contributed by atoms with van der Waals surface area (Å²) in [6, 6.07) is 5.24. The Morgan fingerprint density at radius 3 is 2.48 bits per heavy atom. The smallest absolute Gasteiger partial charge is 0.338 e. The third kappa shape index (κ3) is 5.81. The second kappa shape index (κ2) is 7.07. The molecular formula is C17H22O4. The second-order valence-corrected chi connectivity index (χ2v) is 5.66. The zero-order valence-electron chi connectivity index (χ0n) is 13.2. The van der Waals surface area contributed by atoms with Gasteiger partial charge in [-0.1, -0.05) is 6.07 Å². The molecule has 1 rings (SSSR count). The summed E-state index contributed by atoms with van der Waals surface area (Å²) in [5, 5.41) is 0. The summed E-state index contributed by atoms with van der Waals surface area (Å²) < 4.78 is 10.2. The highest BCUT2D eigenvalue weighted by Crippen LogP contribution is 2.17. The summed E-state index contributed by atoms with van der Waals surface area (Å²) in [4.78, 5) is 23.4. The molecule has 21 heavy (non-hydrogen) atoms. The van der Waals surface area contributed by atoms with Gasteiger partial charge in [0.25, 0.3) is 0 Å². The molecule has 0 aliphatic carbocycles. The summed E-state index contributed by atoms with van der Waals surface area (Å²) >= 11 is 0. The molecule has 0 unspecified atom stereocenters. The van der Waals surface area contributed by atoms with Crippen molar-refractivity contribution in [1.82, 2.24) is 0 Å². The minimum atomic E-state index is -0.539. The molecule has 1 aromatic rings. The van der Waals surface area contributed by atoms with Crippen LogP contribution in [0.2, 0.25) is 0 Å². The van der Waals surface area contributed by atoms with E-state index < -0.39 is 11.6 Å². The average molecular weight is 290 g/mol. The Labute approximate surface area is 125 Å². The van der Waals surface area contributed by atoms with Gasteiger partial charge in [0.05, 0.1) is 12.2 Å². The lowest BCUT2D eigenvalue weighted by Gasteiger charge is -2.19. The molecule has 4 heteroatoms. The lowest BCUT2D eigenvalue weighted by Crippen LogP contribution is -2.23. The van der Waals surface area contributed by atoms with E-state index in [0.717, 1.165) is 11.1 Å². The fraction of sp³-hybridized carbons (Fsp3) is 0.412. The van der Waals surface area contributed by atoms with Gasteiger partial charge < -0.3 is 9.47 Å². The third-order valence-electron chi connectivity index (χ3n) is 2.60. The molecule has 0 aliphatic heterocycles. The standard InChI is InChI=1S/C17H22O4/c1-6-20-15(18)10-9-13-11-14(8-7-12(13)2)16(19)21-17(3,4)5/h7-11H,6H2,1-5H3/b10-9+. The number of aryl methyl sites for hydroxylation is 1. The molecule has 0 fully saturated rings. The number of esters is 2. The zero-order valence-corrected chi connectivity index (χ0v) is 13.2. The molecule has 0 aromatic heterocycles. The first-order chi connectivity index (χ1) is 9.73. The molecule has 0 atom stereocenters. The highest BCUT2D eigenvalue weighted by molar-refractivity contribution is 5.92. The minimum absolute atomic E-state index is 0.333. The van der Waals surface area contributed by atoms with Crippen LogP contribution >= 0.6 is 0 Å². The summed E-state index contributed by atoms with van der Waals surface area (Å²) in [5.41, 5.74) is 1.66. The van der Waals surface area contributed by atoms with Crippen molar-refractivity contribution >= 4 is 18.0 Å². The molecule has 1 aromatic carbocycles. The van der Waals surface area contributed by atoms with Crippen LogP contribution in [-0.2, 0) is 14.3 Å². The van der Waals surface area contributed by atoms with E-state index in [4.69, 9.17) is 9.47 Å². The van der Waals surface area contributed by atoms with E-state index in [1.807, 2.05) is 33.8 Å². The van der Waals surface area contributed by atoms with Crippen molar-refractivity contribution in [3.8, 4) is 0 Å². The van der Waals surface area contributed by atoms with Gasteiger partial charge >= 0.3 is 11.9 Å². The summed E-state index contributed by atoms with van der Waals surface area (Å²) in [6.07, 6.45) is 2.99. The fourth-order valence-corrected chi connectivity index (χ4v) is 1.63. The van der Waals surface area contributed by atoms with Crippen LogP contribution in [0.25, 0.3) is 6.08 Å². The first-order valence-corrected chi connectivity index (χ1v) is 6.92. The van der Waals surface area contributed by atoms with Crippen molar-refractivity contribution in [2.24, 2.45) is 0 Å². The normalized spacial score (nSPS) is 11.5. The molecule has 0 heterocycles. The predicted octanol–water partition coefficient (Wildman–Crippen LogP) is 3.53. The van der Waals surface area contributed by atoms with Crippen molar-refractivity contribution in [3.63, 3.8) is 0 Å². The molecule has 0 saturated carbocycles. The lowest BCUT2D eigenvalue weighted by atomic mass is 10.0. The summed E-state index contributed by atoms with van der Waals surface area (Å²) in [6.45, 7) is 9.45. The number of benzene rings is 1. The number of carbonyl (C=O) groups is 2. The van der Waals surface area contributed by atoms with Gasteiger partial charge in [-0.3, -0.25) is 0 Å². The van der Waals surface area contributed by atoms with E-state index in [9.17, 15) is 9.59 Å². The topological polar surface area (TPSA) is 52.6 Å². The molecular weight excluding hydrogens is 268 g/mol. The van der Waals surface area contributed by atoms with Crippen LogP contribution in [0.3, 0.4) is 0 Å². The number of carbonyl (C=O) groups excluding carboxylic acids is 2. The fourth-order valence-electron chi connectivity index (χ4n) is 1.63. The van der Waals surface area contributed by atoms with Crippen LogP contribution in [0.15, 0.2) is 24.3 Å². The van der Waals surface area contributed by atoms with E-state index in [-0.39, 0.29) is 5.97 Å². The highest BCUT2D eigenvalue weighted by Gasteiger charge is 2.18. The number of ether oxygens (including phenoxy) is 2. The first kappa shape index (κ1) is 17.0. The minimum Gasteiger partial charge on any atom is -0.463 e. The van der Waals surface area contributed by atoms with E-state index >= 15 is 0 Å². The number of rotatable bonds is 4. The maximum absolute atomic E-state index is 12.0. The second-order valence-electron chi connectivity index (χ2n) is 5.66. The van der Waals surface area contributed by atoms with Crippen molar-refractivity contribution < 1.29 is 19.1 Å². The largest absolute Gasteiger partial charge is 0.463 e. The molecule has 0 bridgehead atoms.